The molecule has 0 fully saturated rings. The fourth-order valence-electron chi connectivity index (χ4n) is 1.76. The molecular formula is C13H16N2O2S. The van der Waals surface area contributed by atoms with Crippen LogP contribution in [0.5, 0.6) is 0 Å². The van der Waals surface area contributed by atoms with Crippen LogP contribution >= 0.6 is 11.3 Å². The van der Waals surface area contributed by atoms with E-state index in [1.165, 1.54) is 11.3 Å². The zero-order valence-electron chi connectivity index (χ0n) is 10.2. The summed E-state index contributed by atoms with van der Waals surface area (Å²) in [6.07, 6.45) is 0.551. The van der Waals surface area contributed by atoms with Gasteiger partial charge in [-0.25, -0.2) is 0 Å². The van der Waals surface area contributed by atoms with Crippen LogP contribution in [0.1, 0.15) is 21.7 Å². The first-order chi connectivity index (χ1) is 8.63. The van der Waals surface area contributed by atoms with Gasteiger partial charge in [-0.15, -0.1) is 11.3 Å². The number of amides is 1. The van der Waals surface area contributed by atoms with Crippen LogP contribution in [0.15, 0.2) is 18.2 Å². The molecule has 0 saturated heterocycles. The fraction of sp³-hybridized carbons (Fsp3) is 0.308. The Morgan fingerprint density at radius 1 is 1.50 bits per heavy atom. The first kappa shape index (κ1) is 12.9. The first-order valence-corrected chi connectivity index (χ1v) is 6.63. The highest BCUT2D eigenvalue weighted by atomic mass is 32.1. The molecule has 0 saturated carbocycles. The van der Waals surface area contributed by atoms with E-state index in [9.17, 15) is 4.79 Å². The second-order valence-corrected chi connectivity index (χ2v) is 5.23. The van der Waals surface area contributed by atoms with Crippen molar-refractivity contribution >= 4 is 33.0 Å². The van der Waals surface area contributed by atoms with Crippen molar-refractivity contribution in [1.82, 2.24) is 5.32 Å². The number of nitrogens with two attached hydrogens (primary N) is 1. The number of carbonyl (C=O) groups excluding carboxylic acids is 1. The molecule has 0 radical (unpaired) electrons. The molecule has 1 heterocycles. The van der Waals surface area contributed by atoms with Crippen LogP contribution in [0.2, 0.25) is 0 Å². The van der Waals surface area contributed by atoms with Crippen molar-refractivity contribution < 1.29 is 9.90 Å². The molecule has 0 atom stereocenters. The van der Waals surface area contributed by atoms with Crippen LogP contribution in [0.25, 0.3) is 10.1 Å². The summed E-state index contributed by atoms with van der Waals surface area (Å²) in [6, 6.07) is 5.98. The van der Waals surface area contributed by atoms with Gasteiger partial charge in [-0.05, 0) is 25.5 Å². The number of carbonyl (C=O) groups is 1. The zero-order chi connectivity index (χ0) is 13.1. The largest absolute Gasteiger partial charge is 0.397 e. The van der Waals surface area contributed by atoms with Gasteiger partial charge in [0.05, 0.1) is 5.69 Å². The van der Waals surface area contributed by atoms with Gasteiger partial charge in [0.15, 0.2) is 0 Å². The molecule has 18 heavy (non-hydrogen) atoms. The molecular weight excluding hydrogens is 248 g/mol. The van der Waals surface area contributed by atoms with Gasteiger partial charge in [-0.3, -0.25) is 4.79 Å². The van der Waals surface area contributed by atoms with E-state index < -0.39 is 0 Å². The highest BCUT2D eigenvalue weighted by Crippen LogP contribution is 2.34. The van der Waals surface area contributed by atoms with E-state index in [2.05, 4.69) is 5.32 Å². The number of fused-ring (bicyclic) bond motifs is 1. The molecule has 1 aromatic heterocycles. The Morgan fingerprint density at radius 2 is 2.28 bits per heavy atom. The average molecular weight is 264 g/mol. The normalized spacial score (nSPS) is 10.8. The molecule has 1 amide bonds. The molecule has 0 aliphatic heterocycles. The molecule has 0 spiro atoms. The van der Waals surface area contributed by atoms with Crippen molar-refractivity contribution in [1.29, 1.82) is 0 Å². The Hall–Kier alpha value is -1.59. The second kappa shape index (κ2) is 5.37. The molecule has 1 aromatic carbocycles. The number of anilines is 1. The lowest BCUT2D eigenvalue weighted by atomic mass is 10.1. The molecule has 96 valence electrons. The third kappa shape index (κ3) is 2.47. The van der Waals surface area contributed by atoms with Crippen molar-refractivity contribution in [2.24, 2.45) is 0 Å². The lowest BCUT2D eigenvalue weighted by Crippen LogP contribution is -2.24. The average Bonchev–Trinajstić information content (AvgIpc) is 2.67. The molecule has 0 aliphatic rings. The van der Waals surface area contributed by atoms with E-state index in [1.807, 2.05) is 25.1 Å². The Balaban J connectivity index is 2.28. The van der Waals surface area contributed by atoms with Gasteiger partial charge >= 0.3 is 0 Å². The number of nitrogen functional groups attached to an aromatic ring is 1. The molecule has 0 bridgehead atoms. The topological polar surface area (TPSA) is 75.3 Å². The maximum Gasteiger partial charge on any atom is 0.263 e. The van der Waals surface area contributed by atoms with Gasteiger partial charge < -0.3 is 16.2 Å². The SMILES string of the molecule is Cc1ccc2sc(C(=O)NCCCO)c(N)c2c1. The molecule has 5 heteroatoms. The summed E-state index contributed by atoms with van der Waals surface area (Å²) in [5, 5.41) is 12.4. The number of aryl methyl sites for hydroxylation is 1. The number of thiophene rings is 1. The molecule has 2 aromatic rings. The van der Waals surface area contributed by atoms with Gasteiger partial charge in [0.1, 0.15) is 4.88 Å². The summed E-state index contributed by atoms with van der Waals surface area (Å²) in [7, 11) is 0. The molecule has 4 nitrogen and oxygen atoms in total. The number of aliphatic hydroxyl groups excluding tert-OH is 1. The van der Waals surface area contributed by atoms with Crippen LogP contribution < -0.4 is 11.1 Å². The van der Waals surface area contributed by atoms with Crippen molar-refractivity contribution in [2.75, 3.05) is 18.9 Å². The lowest BCUT2D eigenvalue weighted by Gasteiger charge is -2.02. The van der Waals surface area contributed by atoms with Crippen LogP contribution in [0.4, 0.5) is 5.69 Å². The third-order valence-corrected chi connectivity index (χ3v) is 3.89. The van der Waals surface area contributed by atoms with Gasteiger partial charge in [-0.1, -0.05) is 11.6 Å². The predicted molar refractivity (Wildman–Crippen MR) is 75.0 cm³/mol. The van der Waals surface area contributed by atoms with Crippen LogP contribution in [0.3, 0.4) is 0 Å². The quantitative estimate of drug-likeness (QED) is 0.738. The minimum atomic E-state index is -0.167. The van der Waals surface area contributed by atoms with E-state index >= 15 is 0 Å². The maximum atomic E-state index is 11.9. The molecule has 0 unspecified atom stereocenters. The summed E-state index contributed by atoms with van der Waals surface area (Å²) in [4.78, 5) is 12.5. The van der Waals surface area contributed by atoms with Crippen LogP contribution in [-0.2, 0) is 0 Å². The summed E-state index contributed by atoms with van der Waals surface area (Å²) < 4.78 is 1.02. The van der Waals surface area contributed by atoms with Crippen LogP contribution in [0, 0.1) is 6.92 Å². The van der Waals surface area contributed by atoms with Gasteiger partial charge in [0.2, 0.25) is 0 Å². The first-order valence-electron chi connectivity index (χ1n) is 5.81. The van der Waals surface area contributed by atoms with Crippen molar-refractivity contribution in [3.05, 3.63) is 28.6 Å². The number of benzene rings is 1. The monoisotopic (exact) mass is 264 g/mol. The Labute approximate surface area is 109 Å². The smallest absolute Gasteiger partial charge is 0.263 e. The van der Waals surface area contributed by atoms with E-state index in [1.54, 1.807) is 0 Å². The van der Waals surface area contributed by atoms with E-state index in [4.69, 9.17) is 10.8 Å². The molecule has 2 rings (SSSR count). The van der Waals surface area contributed by atoms with E-state index in [-0.39, 0.29) is 12.5 Å². The van der Waals surface area contributed by atoms with Gasteiger partial charge in [0, 0.05) is 23.2 Å². The number of rotatable bonds is 4. The fourth-order valence-corrected chi connectivity index (χ4v) is 2.78. The van der Waals surface area contributed by atoms with E-state index in [0.29, 0.717) is 23.5 Å². The van der Waals surface area contributed by atoms with Gasteiger partial charge in [-0.2, -0.15) is 0 Å². The van der Waals surface area contributed by atoms with Crippen molar-refractivity contribution in [3.8, 4) is 0 Å². The number of aliphatic hydroxyl groups is 1. The van der Waals surface area contributed by atoms with E-state index in [0.717, 1.165) is 15.6 Å². The second-order valence-electron chi connectivity index (χ2n) is 4.18. The summed E-state index contributed by atoms with van der Waals surface area (Å²) in [5.74, 6) is -0.167. The highest BCUT2D eigenvalue weighted by molar-refractivity contribution is 7.21. The number of nitrogens with one attached hydrogen (secondary N) is 1. The minimum Gasteiger partial charge on any atom is -0.397 e. The number of hydrogen-bond donors (Lipinski definition) is 3. The Morgan fingerprint density at radius 3 is 3.00 bits per heavy atom. The summed E-state index contributed by atoms with van der Waals surface area (Å²) >= 11 is 1.40. The van der Waals surface area contributed by atoms with Gasteiger partial charge in [0.25, 0.3) is 5.91 Å². The van der Waals surface area contributed by atoms with Crippen molar-refractivity contribution in [3.63, 3.8) is 0 Å². The predicted octanol–water partition coefficient (Wildman–Crippen LogP) is 1.90. The third-order valence-electron chi connectivity index (χ3n) is 2.71. The lowest BCUT2D eigenvalue weighted by molar-refractivity contribution is 0.0956. The molecule has 4 N–H and O–H groups in total. The molecule has 0 aliphatic carbocycles. The summed E-state index contributed by atoms with van der Waals surface area (Å²) in [5.41, 5.74) is 7.68. The highest BCUT2D eigenvalue weighted by Gasteiger charge is 2.15. The maximum absolute atomic E-state index is 11.9. The van der Waals surface area contributed by atoms with Crippen molar-refractivity contribution in [2.45, 2.75) is 13.3 Å². The van der Waals surface area contributed by atoms with Crippen LogP contribution in [-0.4, -0.2) is 24.2 Å². The Kier molecular flexibility index (Phi) is 3.84. The standard InChI is InChI=1S/C13H16N2O2S/c1-8-3-4-10-9(7-8)11(14)12(18-10)13(17)15-5-2-6-16/h3-4,7,16H,2,5-6,14H2,1H3,(H,15,17). The number of hydrogen-bond acceptors (Lipinski definition) is 4. The minimum absolute atomic E-state index is 0.0708. The summed E-state index contributed by atoms with van der Waals surface area (Å²) in [6.45, 7) is 2.53. The Bertz CT molecular complexity index is 578. The zero-order valence-corrected chi connectivity index (χ0v) is 11.0.